The number of amides is 1. The number of benzene rings is 1. The van der Waals surface area contributed by atoms with Gasteiger partial charge in [-0.3, -0.25) is 14.4 Å². The van der Waals surface area contributed by atoms with Crippen molar-refractivity contribution in [3.63, 3.8) is 0 Å². The number of rotatable bonds is 6. The number of ketones is 1. The molecule has 0 N–H and O–H groups in total. The fourth-order valence-corrected chi connectivity index (χ4v) is 4.25. The topological polar surface area (TPSA) is 88.7 Å². The summed E-state index contributed by atoms with van der Waals surface area (Å²) in [5.41, 5.74) is 1.40. The molecule has 1 amide bonds. The normalized spacial score (nSPS) is 13.9. The number of nitrogens with zero attached hydrogens (tertiary/aromatic N) is 4. The van der Waals surface area contributed by atoms with Gasteiger partial charge in [0.15, 0.2) is 5.78 Å². The van der Waals surface area contributed by atoms with Crippen molar-refractivity contribution in [1.29, 1.82) is 0 Å². The van der Waals surface area contributed by atoms with Gasteiger partial charge in [0.2, 0.25) is 5.91 Å². The molecule has 1 aliphatic heterocycles. The Kier molecular flexibility index (Phi) is 6.65. The first kappa shape index (κ1) is 22.8. The highest BCUT2D eigenvalue weighted by Gasteiger charge is 2.24. The molecule has 0 saturated carbocycles. The van der Waals surface area contributed by atoms with E-state index in [4.69, 9.17) is 16.0 Å². The van der Waals surface area contributed by atoms with Crippen LogP contribution in [0.5, 0.6) is 0 Å². The molecule has 4 rings (SSSR count). The molecule has 2 aromatic heterocycles. The van der Waals surface area contributed by atoms with Gasteiger partial charge in [0.05, 0.1) is 23.1 Å². The summed E-state index contributed by atoms with van der Waals surface area (Å²) in [7, 11) is 0. The van der Waals surface area contributed by atoms with Crippen LogP contribution in [0.4, 0.5) is 5.69 Å². The van der Waals surface area contributed by atoms with E-state index >= 15 is 0 Å². The van der Waals surface area contributed by atoms with Gasteiger partial charge in [-0.15, -0.1) is 0 Å². The summed E-state index contributed by atoms with van der Waals surface area (Å²) in [5, 5.41) is 4.40. The van der Waals surface area contributed by atoms with Crippen molar-refractivity contribution in [2.45, 2.75) is 26.7 Å². The Hall–Kier alpha value is -3.39. The van der Waals surface area contributed by atoms with E-state index in [1.165, 1.54) is 11.6 Å². The molecule has 1 saturated heterocycles. The van der Waals surface area contributed by atoms with Crippen molar-refractivity contribution in [3.05, 3.63) is 75.1 Å². The molecule has 1 aromatic carbocycles. The molecule has 172 valence electrons. The summed E-state index contributed by atoms with van der Waals surface area (Å²) in [5.74, 6) is 1.20. The highest BCUT2D eigenvalue weighted by Crippen LogP contribution is 2.23. The van der Waals surface area contributed by atoms with Gasteiger partial charge in [-0.2, -0.15) is 9.78 Å². The third-order valence-corrected chi connectivity index (χ3v) is 6.16. The molecule has 8 nitrogen and oxygen atoms in total. The Morgan fingerprint density at radius 3 is 2.45 bits per heavy atom. The second-order valence-corrected chi connectivity index (χ2v) is 8.38. The Labute approximate surface area is 196 Å². The molecular formula is C24H25ClN4O4. The Morgan fingerprint density at radius 1 is 1.12 bits per heavy atom. The summed E-state index contributed by atoms with van der Waals surface area (Å²) >= 11 is 6.41. The average Bonchev–Trinajstić information content (AvgIpc) is 3.21. The fraction of sp³-hybridized carbons (Fsp3) is 0.333. The van der Waals surface area contributed by atoms with E-state index in [1.807, 2.05) is 23.1 Å². The molecule has 0 radical (unpaired) electrons. The van der Waals surface area contributed by atoms with Gasteiger partial charge >= 0.3 is 0 Å². The van der Waals surface area contributed by atoms with E-state index in [-0.39, 0.29) is 22.3 Å². The maximum Gasteiger partial charge on any atom is 0.292 e. The van der Waals surface area contributed by atoms with Gasteiger partial charge < -0.3 is 14.2 Å². The maximum absolute atomic E-state index is 12.7. The highest BCUT2D eigenvalue weighted by molar-refractivity contribution is 6.33. The number of piperazine rings is 1. The zero-order valence-electron chi connectivity index (χ0n) is 18.6. The lowest BCUT2D eigenvalue weighted by atomic mass is 10.1. The minimum absolute atomic E-state index is 0.0248. The van der Waals surface area contributed by atoms with Gasteiger partial charge in [0.1, 0.15) is 16.5 Å². The van der Waals surface area contributed by atoms with E-state index in [0.29, 0.717) is 67.5 Å². The number of hydrogen-bond acceptors (Lipinski definition) is 6. The molecule has 33 heavy (non-hydrogen) atoms. The first-order valence-corrected chi connectivity index (χ1v) is 11.2. The molecule has 0 aliphatic carbocycles. The maximum atomic E-state index is 12.7. The lowest BCUT2D eigenvalue weighted by Gasteiger charge is -2.36. The Morgan fingerprint density at radius 2 is 1.82 bits per heavy atom. The third-order valence-electron chi connectivity index (χ3n) is 5.81. The minimum atomic E-state index is -0.377. The van der Waals surface area contributed by atoms with Gasteiger partial charge in [-0.1, -0.05) is 29.8 Å². The van der Waals surface area contributed by atoms with Crippen LogP contribution in [0.15, 0.2) is 51.8 Å². The monoisotopic (exact) mass is 468 g/mol. The van der Waals surface area contributed by atoms with E-state index in [2.05, 4.69) is 5.10 Å². The molecule has 1 aliphatic rings. The largest absolute Gasteiger partial charge is 0.466 e. The average molecular weight is 469 g/mol. The van der Waals surface area contributed by atoms with Crippen LogP contribution in [0.2, 0.25) is 5.02 Å². The van der Waals surface area contributed by atoms with Crippen LogP contribution < -0.4 is 10.5 Å². The molecule has 1 fully saturated rings. The molecule has 0 spiro atoms. The predicted molar refractivity (Wildman–Crippen MR) is 125 cm³/mol. The van der Waals surface area contributed by atoms with E-state index < -0.39 is 0 Å². The quantitative estimate of drug-likeness (QED) is 0.516. The molecule has 0 atom stereocenters. The first-order valence-electron chi connectivity index (χ1n) is 10.8. The second-order valence-electron chi connectivity index (χ2n) is 8.00. The molecule has 0 bridgehead atoms. The van der Waals surface area contributed by atoms with Crippen molar-refractivity contribution in [2.24, 2.45) is 0 Å². The number of anilines is 1. The van der Waals surface area contributed by atoms with Gasteiger partial charge in [-0.05, 0) is 32.0 Å². The van der Waals surface area contributed by atoms with Crippen LogP contribution in [-0.2, 0) is 11.2 Å². The predicted octanol–water partition coefficient (Wildman–Crippen LogP) is 3.27. The zero-order valence-corrected chi connectivity index (χ0v) is 19.3. The molecule has 3 heterocycles. The third kappa shape index (κ3) is 4.85. The zero-order chi connectivity index (χ0) is 23.5. The minimum Gasteiger partial charge on any atom is -0.466 e. The standard InChI is InChI=1S/C24H25ClN4O4/c1-16(30)20-14-19(33-17(20)2)8-9-22(31)28-12-10-27(11-13-28)21-15-26-29(24(32)23(21)25)18-6-4-3-5-7-18/h3-7,14-15H,8-13H2,1-2H3. The second kappa shape index (κ2) is 9.62. The highest BCUT2D eigenvalue weighted by atomic mass is 35.5. The smallest absolute Gasteiger partial charge is 0.292 e. The van der Waals surface area contributed by atoms with Gasteiger partial charge in [-0.25, -0.2) is 0 Å². The number of carbonyl (C=O) groups is 2. The summed E-state index contributed by atoms with van der Waals surface area (Å²) in [6, 6.07) is 10.8. The van der Waals surface area contributed by atoms with Crippen LogP contribution in [0.1, 0.15) is 35.2 Å². The van der Waals surface area contributed by atoms with Crippen LogP contribution in [0, 0.1) is 6.92 Å². The summed E-state index contributed by atoms with van der Waals surface area (Å²) in [6.45, 7) is 5.39. The van der Waals surface area contributed by atoms with Crippen molar-refractivity contribution < 1.29 is 14.0 Å². The lowest BCUT2D eigenvalue weighted by molar-refractivity contribution is -0.131. The van der Waals surface area contributed by atoms with Crippen molar-refractivity contribution in [2.75, 3.05) is 31.1 Å². The number of aromatic nitrogens is 2. The molecular weight excluding hydrogens is 444 g/mol. The summed E-state index contributed by atoms with van der Waals surface area (Å²) in [4.78, 5) is 40.8. The number of Topliss-reactive ketones (excluding diaryl/α,β-unsaturated/α-hetero) is 1. The number of hydrogen-bond donors (Lipinski definition) is 0. The fourth-order valence-electron chi connectivity index (χ4n) is 4.00. The van der Waals surface area contributed by atoms with Crippen LogP contribution >= 0.6 is 11.6 Å². The molecule has 3 aromatic rings. The number of furan rings is 1. The summed E-state index contributed by atoms with van der Waals surface area (Å²) in [6.07, 6.45) is 2.35. The Bertz CT molecular complexity index is 1230. The molecule has 0 unspecified atom stereocenters. The van der Waals surface area contributed by atoms with Crippen LogP contribution in [0.25, 0.3) is 5.69 Å². The lowest BCUT2D eigenvalue weighted by Crippen LogP contribution is -2.49. The SMILES string of the molecule is CC(=O)c1cc(CCC(=O)N2CCN(c3cnn(-c4ccccc4)c(=O)c3Cl)CC2)oc1C. The van der Waals surface area contributed by atoms with E-state index in [9.17, 15) is 14.4 Å². The van der Waals surface area contributed by atoms with Gasteiger partial charge in [0, 0.05) is 39.0 Å². The van der Waals surface area contributed by atoms with Crippen LogP contribution in [0.3, 0.4) is 0 Å². The van der Waals surface area contributed by atoms with E-state index in [0.717, 1.165) is 0 Å². The van der Waals surface area contributed by atoms with Crippen molar-refractivity contribution in [3.8, 4) is 5.69 Å². The molecule has 9 heteroatoms. The number of carbonyl (C=O) groups excluding carboxylic acids is 2. The number of halogens is 1. The number of para-hydroxylation sites is 1. The summed E-state index contributed by atoms with van der Waals surface area (Å²) < 4.78 is 6.88. The van der Waals surface area contributed by atoms with E-state index in [1.54, 1.807) is 36.2 Å². The van der Waals surface area contributed by atoms with Gasteiger partial charge in [0.25, 0.3) is 5.56 Å². The Balaban J connectivity index is 1.36. The number of aryl methyl sites for hydroxylation is 2. The first-order chi connectivity index (χ1) is 15.8. The van der Waals surface area contributed by atoms with Crippen molar-refractivity contribution >= 4 is 29.0 Å². The van der Waals surface area contributed by atoms with Crippen LogP contribution in [-0.4, -0.2) is 52.5 Å². The van der Waals surface area contributed by atoms with Crippen molar-refractivity contribution in [1.82, 2.24) is 14.7 Å².